The Morgan fingerprint density at radius 3 is 3.00 bits per heavy atom. The molecule has 80 valence electrons. The summed E-state index contributed by atoms with van der Waals surface area (Å²) in [6.45, 7) is 1.81. The van der Waals surface area contributed by atoms with E-state index in [1.807, 2.05) is 25.1 Å². The lowest BCUT2D eigenvalue weighted by molar-refractivity contribution is -0.148. The van der Waals surface area contributed by atoms with Gasteiger partial charge in [-0.15, -0.1) is 0 Å². The molecule has 1 aromatic carbocycles. The molecule has 1 aliphatic carbocycles. The van der Waals surface area contributed by atoms with E-state index in [4.69, 9.17) is 4.74 Å². The highest BCUT2D eigenvalue weighted by Gasteiger charge is 2.32. The highest BCUT2D eigenvalue weighted by Crippen LogP contribution is 2.38. The highest BCUT2D eigenvalue weighted by molar-refractivity contribution is 9.09. The van der Waals surface area contributed by atoms with Crippen molar-refractivity contribution in [2.75, 3.05) is 0 Å². The Morgan fingerprint density at radius 1 is 1.53 bits per heavy atom. The highest BCUT2D eigenvalue weighted by atomic mass is 79.9. The maximum absolute atomic E-state index is 11.3. The summed E-state index contributed by atoms with van der Waals surface area (Å²) in [6, 6.07) is 8.12. The zero-order valence-electron chi connectivity index (χ0n) is 8.57. The van der Waals surface area contributed by atoms with Gasteiger partial charge in [0.05, 0.1) is 4.83 Å². The molecule has 0 fully saturated rings. The molecule has 0 unspecified atom stereocenters. The van der Waals surface area contributed by atoms with Crippen molar-refractivity contribution < 1.29 is 9.53 Å². The van der Waals surface area contributed by atoms with Crippen LogP contribution in [0.15, 0.2) is 24.3 Å². The molecule has 2 nitrogen and oxygen atoms in total. The predicted octanol–water partition coefficient (Wildman–Crippen LogP) is 3.00. The minimum atomic E-state index is -0.138. The fourth-order valence-electron chi connectivity index (χ4n) is 1.87. The lowest BCUT2D eigenvalue weighted by atomic mass is 10.1. The molecule has 0 N–H and O–H groups in total. The van der Waals surface area contributed by atoms with Crippen LogP contribution >= 0.6 is 15.9 Å². The summed E-state index contributed by atoms with van der Waals surface area (Å²) < 4.78 is 5.41. The van der Waals surface area contributed by atoms with E-state index in [0.717, 1.165) is 12.0 Å². The van der Waals surface area contributed by atoms with E-state index in [2.05, 4.69) is 22.0 Å². The van der Waals surface area contributed by atoms with Crippen LogP contribution in [0.3, 0.4) is 0 Å². The summed E-state index contributed by atoms with van der Waals surface area (Å²) in [7, 11) is 0. The number of carbonyl (C=O) groups excluding carboxylic acids is 1. The number of hydrogen-bond donors (Lipinski definition) is 0. The van der Waals surface area contributed by atoms with Crippen molar-refractivity contribution in [2.45, 2.75) is 30.7 Å². The van der Waals surface area contributed by atoms with Crippen molar-refractivity contribution in [2.24, 2.45) is 0 Å². The Hall–Kier alpha value is -0.830. The Kier molecular flexibility index (Phi) is 3.10. The standard InChI is InChI=1S/C12H13BrO2/c1-2-11(14)15-12-9-6-4-3-5-8(9)7-10(12)13/h3-6,10,12H,2,7H2,1H3/t10-,12-/m1/s1. The lowest BCUT2D eigenvalue weighted by Gasteiger charge is -2.16. The smallest absolute Gasteiger partial charge is 0.306 e. The van der Waals surface area contributed by atoms with Gasteiger partial charge in [0, 0.05) is 6.42 Å². The van der Waals surface area contributed by atoms with E-state index < -0.39 is 0 Å². The molecule has 0 bridgehead atoms. The van der Waals surface area contributed by atoms with E-state index in [9.17, 15) is 4.79 Å². The third-order valence-corrected chi connectivity index (χ3v) is 3.46. The summed E-state index contributed by atoms with van der Waals surface area (Å²) >= 11 is 3.57. The number of carbonyl (C=O) groups is 1. The first-order chi connectivity index (χ1) is 7.22. The second-order valence-corrected chi connectivity index (χ2v) is 4.86. The van der Waals surface area contributed by atoms with Crippen molar-refractivity contribution in [1.82, 2.24) is 0 Å². The third-order valence-electron chi connectivity index (χ3n) is 2.65. The normalized spacial score (nSPS) is 23.6. The zero-order chi connectivity index (χ0) is 10.8. The van der Waals surface area contributed by atoms with Crippen LogP contribution in [0, 0.1) is 0 Å². The van der Waals surface area contributed by atoms with Crippen LogP contribution in [0.5, 0.6) is 0 Å². The monoisotopic (exact) mass is 268 g/mol. The summed E-state index contributed by atoms with van der Waals surface area (Å²) in [6.07, 6.45) is 1.24. The first-order valence-corrected chi connectivity index (χ1v) is 6.05. The quantitative estimate of drug-likeness (QED) is 0.609. The van der Waals surface area contributed by atoms with Crippen molar-refractivity contribution in [3.63, 3.8) is 0 Å². The Bertz CT molecular complexity index is 376. The number of esters is 1. The van der Waals surface area contributed by atoms with Gasteiger partial charge in [0.25, 0.3) is 0 Å². The van der Waals surface area contributed by atoms with Crippen LogP contribution in [0.4, 0.5) is 0 Å². The molecule has 0 radical (unpaired) electrons. The molecule has 1 aromatic rings. The number of ether oxygens (including phenoxy) is 1. The molecule has 1 aliphatic rings. The minimum Gasteiger partial charge on any atom is -0.456 e. The summed E-state index contributed by atoms with van der Waals surface area (Å²) in [4.78, 5) is 11.5. The first-order valence-electron chi connectivity index (χ1n) is 5.13. The zero-order valence-corrected chi connectivity index (χ0v) is 10.2. The van der Waals surface area contributed by atoms with E-state index in [0.29, 0.717) is 6.42 Å². The van der Waals surface area contributed by atoms with Crippen LogP contribution in [-0.4, -0.2) is 10.8 Å². The molecule has 15 heavy (non-hydrogen) atoms. The van der Waals surface area contributed by atoms with Gasteiger partial charge in [0.15, 0.2) is 0 Å². The van der Waals surface area contributed by atoms with Crippen LogP contribution in [-0.2, 0) is 16.0 Å². The number of halogens is 1. The molecule has 0 amide bonds. The molecule has 0 aliphatic heterocycles. The molecule has 2 rings (SSSR count). The summed E-state index contributed by atoms with van der Waals surface area (Å²) in [5.74, 6) is -0.138. The first kappa shape index (κ1) is 10.7. The van der Waals surface area contributed by atoms with Crippen molar-refractivity contribution >= 4 is 21.9 Å². The van der Waals surface area contributed by atoms with Crippen LogP contribution in [0.1, 0.15) is 30.6 Å². The van der Waals surface area contributed by atoms with Gasteiger partial charge in [-0.1, -0.05) is 47.1 Å². The lowest BCUT2D eigenvalue weighted by Crippen LogP contribution is -2.15. The van der Waals surface area contributed by atoms with Crippen molar-refractivity contribution in [3.8, 4) is 0 Å². The van der Waals surface area contributed by atoms with E-state index >= 15 is 0 Å². The van der Waals surface area contributed by atoms with Gasteiger partial charge in [-0.2, -0.15) is 0 Å². The SMILES string of the molecule is CCC(=O)O[C@@H]1c2ccccc2C[C@H]1Br. The molecular formula is C12H13BrO2. The third kappa shape index (κ3) is 2.07. The number of fused-ring (bicyclic) bond motifs is 1. The number of hydrogen-bond acceptors (Lipinski definition) is 2. The van der Waals surface area contributed by atoms with E-state index in [1.165, 1.54) is 5.56 Å². The fourth-order valence-corrected chi connectivity index (χ4v) is 2.61. The second kappa shape index (κ2) is 4.35. The number of alkyl halides is 1. The van der Waals surface area contributed by atoms with Gasteiger partial charge < -0.3 is 4.74 Å². The largest absolute Gasteiger partial charge is 0.456 e. The molecule has 0 saturated carbocycles. The molecule has 3 heteroatoms. The van der Waals surface area contributed by atoms with Crippen molar-refractivity contribution in [3.05, 3.63) is 35.4 Å². The van der Waals surface area contributed by atoms with Gasteiger partial charge in [-0.3, -0.25) is 4.79 Å². The van der Waals surface area contributed by atoms with Gasteiger partial charge in [-0.25, -0.2) is 0 Å². The summed E-state index contributed by atoms with van der Waals surface area (Å²) in [5.41, 5.74) is 2.41. The molecule has 0 heterocycles. The average Bonchev–Trinajstić information content (AvgIpc) is 2.55. The molecule has 0 saturated heterocycles. The van der Waals surface area contributed by atoms with Gasteiger partial charge in [0.1, 0.15) is 6.10 Å². The van der Waals surface area contributed by atoms with Crippen LogP contribution in [0.2, 0.25) is 0 Å². The molecule has 0 aromatic heterocycles. The van der Waals surface area contributed by atoms with E-state index in [-0.39, 0.29) is 16.9 Å². The molecule has 2 atom stereocenters. The Balaban J connectivity index is 2.22. The van der Waals surface area contributed by atoms with Gasteiger partial charge in [-0.05, 0) is 17.5 Å². The van der Waals surface area contributed by atoms with E-state index in [1.54, 1.807) is 0 Å². The van der Waals surface area contributed by atoms with Crippen molar-refractivity contribution in [1.29, 1.82) is 0 Å². The second-order valence-electron chi connectivity index (χ2n) is 3.68. The van der Waals surface area contributed by atoms with Crippen LogP contribution in [0.25, 0.3) is 0 Å². The van der Waals surface area contributed by atoms with Gasteiger partial charge >= 0.3 is 5.97 Å². The topological polar surface area (TPSA) is 26.3 Å². The molecular weight excluding hydrogens is 256 g/mol. The Morgan fingerprint density at radius 2 is 2.27 bits per heavy atom. The number of rotatable bonds is 2. The average molecular weight is 269 g/mol. The maximum atomic E-state index is 11.3. The minimum absolute atomic E-state index is 0.117. The maximum Gasteiger partial charge on any atom is 0.306 e. The number of benzene rings is 1. The fraction of sp³-hybridized carbons (Fsp3) is 0.417. The van der Waals surface area contributed by atoms with Crippen LogP contribution < -0.4 is 0 Å². The molecule has 0 spiro atoms. The predicted molar refractivity (Wildman–Crippen MR) is 62.0 cm³/mol. The van der Waals surface area contributed by atoms with Gasteiger partial charge in [0.2, 0.25) is 0 Å². The Labute approximate surface area is 97.8 Å². The summed E-state index contributed by atoms with van der Waals surface area (Å²) in [5, 5.41) is 0.